The number of rotatable bonds is 3. The Kier molecular flexibility index (Phi) is 3.32. The highest BCUT2D eigenvalue weighted by Crippen LogP contribution is 2.35. The van der Waals surface area contributed by atoms with Crippen molar-refractivity contribution in [3.05, 3.63) is 35.0 Å². The fourth-order valence-electron chi connectivity index (χ4n) is 3.19. The van der Waals surface area contributed by atoms with Crippen LogP contribution in [0.3, 0.4) is 0 Å². The minimum atomic E-state index is 0.347. The highest BCUT2D eigenvalue weighted by atomic mass is 16.3. The Labute approximate surface area is 120 Å². The van der Waals surface area contributed by atoms with Crippen molar-refractivity contribution in [2.45, 2.75) is 59.0 Å². The Bertz CT molecular complexity index is 609. The van der Waals surface area contributed by atoms with Crippen LogP contribution in [0.2, 0.25) is 0 Å². The van der Waals surface area contributed by atoms with Crippen LogP contribution in [0.25, 0.3) is 0 Å². The minimum absolute atomic E-state index is 0.347. The van der Waals surface area contributed by atoms with Crippen LogP contribution in [0.5, 0.6) is 0 Å². The number of anilines is 1. The molecule has 0 saturated heterocycles. The van der Waals surface area contributed by atoms with Gasteiger partial charge in [0.2, 0.25) is 0 Å². The predicted molar refractivity (Wildman–Crippen MR) is 80.1 cm³/mol. The molecule has 1 aliphatic rings. The molecule has 0 aliphatic heterocycles. The van der Waals surface area contributed by atoms with Crippen molar-refractivity contribution < 1.29 is 4.42 Å². The number of hydrogen-bond acceptors (Lipinski definition) is 3. The van der Waals surface area contributed by atoms with Crippen LogP contribution in [0.4, 0.5) is 5.69 Å². The standard InChI is InChI=1S/C16H23N3O/c1-10(2)19-12(4)16(11(3)18-19)17-14-6-5-7-15-13(14)8-9-20-15/h8-10,14,17H,5-7H2,1-4H3. The molecule has 1 atom stereocenters. The molecular formula is C16H23N3O. The van der Waals surface area contributed by atoms with Gasteiger partial charge in [-0.1, -0.05) is 0 Å². The van der Waals surface area contributed by atoms with E-state index in [-0.39, 0.29) is 0 Å². The monoisotopic (exact) mass is 273 g/mol. The largest absolute Gasteiger partial charge is 0.469 e. The van der Waals surface area contributed by atoms with Crippen molar-refractivity contribution in [2.24, 2.45) is 0 Å². The van der Waals surface area contributed by atoms with E-state index in [4.69, 9.17) is 4.42 Å². The number of aryl methyl sites for hydroxylation is 2. The molecule has 1 N–H and O–H groups in total. The molecular weight excluding hydrogens is 250 g/mol. The third-order valence-electron chi connectivity index (χ3n) is 4.18. The molecule has 0 radical (unpaired) electrons. The van der Waals surface area contributed by atoms with Gasteiger partial charge in [-0.15, -0.1) is 0 Å². The summed E-state index contributed by atoms with van der Waals surface area (Å²) in [6.07, 6.45) is 5.19. The van der Waals surface area contributed by atoms with Gasteiger partial charge in [-0.2, -0.15) is 5.10 Å². The summed E-state index contributed by atoms with van der Waals surface area (Å²) in [5, 5.41) is 8.34. The fraction of sp³-hybridized carbons (Fsp3) is 0.562. The van der Waals surface area contributed by atoms with Crippen LogP contribution in [0, 0.1) is 13.8 Å². The molecule has 0 amide bonds. The van der Waals surface area contributed by atoms with Crippen molar-refractivity contribution in [2.75, 3.05) is 5.32 Å². The molecule has 0 fully saturated rings. The maximum atomic E-state index is 5.57. The first-order valence-corrected chi connectivity index (χ1v) is 7.46. The van der Waals surface area contributed by atoms with Crippen molar-refractivity contribution >= 4 is 5.69 Å². The summed E-state index contributed by atoms with van der Waals surface area (Å²) < 4.78 is 7.66. The summed E-state index contributed by atoms with van der Waals surface area (Å²) >= 11 is 0. The smallest absolute Gasteiger partial charge is 0.109 e. The topological polar surface area (TPSA) is 43.0 Å². The van der Waals surface area contributed by atoms with E-state index in [9.17, 15) is 0 Å². The van der Waals surface area contributed by atoms with Crippen molar-refractivity contribution in [1.29, 1.82) is 0 Å². The molecule has 0 aromatic carbocycles. The molecule has 3 rings (SSSR count). The zero-order chi connectivity index (χ0) is 14.3. The van der Waals surface area contributed by atoms with Gasteiger partial charge < -0.3 is 9.73 Å². The molecule has 0 spiro atoms. The van der Waals surface area contributed by atoms with Gasteiger partial charge >= 0.3 is 0 Å². The molecule has 1 aliphatic carbocycles. The van der Waals surface area contributed by atoms with Crippen LogP contribution >= 0.6 is 0 Å². The van der Waals surface area contributed by atoms with Crippen LogP contribution in [-0.2, 0) is 6.42 Å². The van der Waals surface area contributed by atoms with Gasteiger partial charge in [0.15, 0.2) is 0 Å². The molecule has 1 unspecified atom stereocenters. The normalized spacial score (nSPS) is 18.4. The van der Waals surface area contributed by atoms with E-state index in [0.717, 1.165) is 24.3 Å². The fourth-order valence-corrected chi connectivity index (χ4v) is 3.19. The molecule has 108 valence electrons. The van der Waals surface area contributed by atoms with E-state index in [1.54, 1.807) is 0 Å². The van der Waals surface area contributed by atoms with Gasteiger partial charge in [-0.3, -0.25) is 4.68 Å². The Hall–Kier alpha value is -1.71. The maximum Gasteiger partial charge on any atom is 0.109 e. The number of hydrogen-bond donors (Lipinski definition) is 1. The van der Waals surface area contributed by atoms with E-state index in [2.05, 4.69) is 48.9 Å². The molecule has 2 heterocycles. The van der Waals surface area contributed by atoms with Crippen molar-refractivity contribution in [1.82, 2.24) is 9.78 Å². The van der Waals surface area contributed by atoms with Gasteiger partial charge in [0.05, 0.1) is 29.4 Å². The molecule has 0 bridgehead atoms. The van der Waals surface area contributed by atoms with E-state index >= 15 is 0 Å². The second kappa shape index (κ2) is 5.00. The number of furan rings is 1. The Balaban J connectivity index is 1.90. The van der Waals surface area contributed by atoms with Gasteiger partial charge in [-0.05, 0) is 46.6 Å². The van der Waals surface area contributed by atoms with Gasteiger partial charge in [0.1, 0.15) is 5.76 Å². The van der Waals surface area contributed by atoms with Crippen molar-refractivity contribution in [3.8, 4) is 0 Å². The number of aromatic nitrogens is 2. The first-order valence-electron chi connectivity index (χ1n) is 7.46. The lowest BCUT2D eigenvalue weighted by molar-refractivity contribution is 0.461. The zero-order valence-corrected chi connectivity index (χ0v) is 12.7. The Morgan fingerprint density at radius 1 is 1.40 bits per heavy atom. The van der Waals surface area contributed by atoms with Gasteiger partial charge in [0, 0.05) is 18.0 Å². The third kappa shape index (κ3) is 2.13. The SMILES string of the molecule is Cc1nn(C(C)C)c(C)c1NC1CCCc2occc21. The van der Waals surface area contributed by atoms with Crippen LogP contribution in [0.1, 0.15) is 61.5 Å². The summed E-state index contributed by atoms with van der Waals surface area (Å²) in [6.45, 7) is 8.55. The number of fused-ring (bicyclic) bond motifs is 1. The molecule has 0 saturated carbocycles. The lowest BCUT2D eigenvalue weighted by Gasteiger charge is -2.24. The summed E-state index contributed by atoms with van der Waals surface area (Å²) in [5.41, 5.74) is 4.78. The molecule has 4 nitrogen and oxygen atoms in total. The van der Waals surface area contributed by atoms with Crippen LogP contribution in [-0.4, -0.2) is 9.78 Å². The van der Waals surface area contributed by atoms with Gasteiger partial charge in [0.25, 0.3) is 0 Å². The molecule has 4 heteroatoms. The van der Waals surface area contributed by atoms with Crippen LogP contribution in [0.15, 0.2) is 16.7 Å². The van der Waals surface area contributed by atoms with E-state index in [1.165, 1.54) is 23.4 Å². The summed E-state index contributed by atoms with van der Waals surface area (Å²) in [6, 6.07) is 2.84. The first-order chi connectivity index (χ1) is 9.58. The van der Waals surface area contributed by atoms with Crippen LogP contribution < -0.4 is 5.32 Å². The first kappa shape index (κ1) is 13.3. The average Bonchev–Trinajstić information content (AvgIpc) is 2.98. The highest BCUT2D eigenvalue weighted by Gasteiger charge is 2.24. The predicted octanol–water partition coefficient (Wildman–Crippen LogP) is 4.16. The number of nitrogens with one attached hydrogen (secondary N) is 1. The second-order valence-corrected chi connectivity index (χ2v) is 5.97. The highest BCUT2D eigenvalue weighted by molar-refractivity contribution is 5.54. The van der Waals surface area contributed by atoms with E-state index in [1.807, 2.05) is 6.26 Å². The second-order valence-electron chi connectivity index (χ2n) is 5.97. The molecule has 20 heavy (non-hydrogen) atoms. The average molecular weight is 273 g/mol. The Morgan fingerprint density at radius 2 is 2.20 bits per heavy atom. The molecule has 2 aromatic heterocycles. The van der Waals surface area contributed by atoms with Crippen molar-refractivity contribution in [3.63, 3.8) is 0 Å². The quantitative estimate of drug-likeness (QED) is 0.913. The minimum Gasteiger partial charge on any atom is -0.469 e. The lowest BCUT2D eigenvalue weighted by atomic mass is 9.93. The van der Waals surface area contributed by atoms with E-state index in [0.29, 0.717) is 12.1 Å². The summed E-state index contributed by atoms with van der Waals surface area (Å²) in [7, 11) is 0. The number of nitrogens with zero attached hydrogens (tertiary/aromatic N) is 2. The zero-order valence-electron chi connectivity index (χ0n) is 12.7. The Morgan fingerprint density at radius 3 is 2.90 bits per heavy atom. The lowest BCUT2D eigenvalue weighted by Crippen LogP contribution is -2.16. The van der Waals surface area contributed by atoms with E-state index < -0.39 is 0 Å². The third-order valence-corrected chi connectivity index (χ3v) is 4.18. The maximum absolute atomic E-state index is 5.57. The summed E-state index contributed by atoms with van der Waals surface area (Å²) in [4.78, 5) is 0. The summed E-state index contributed by atoms with van der Waals surface area (Å²) in [5.74, 6) is 1.14. The molecule has 2 aromatic rings. The van der Waals surface area contributed by atoms with Gasteiger partial charge in [-0.25, -0.2) is 0 Å².